The third-order valence-corrected chi connectivity index (χ3v) is 2.12. The van der Waals surface area contributed by atoms with Gasteiger partial charge in [-0.25, -0.2) is 0 Å². The van der Waals surface area contributed by atoms with Crippen LogP contribution in [-0.2, 0) is 14.3 Å². The molecule has 1 rings (SSSR count). The zero-order valence-electron chi connectivity index (χ0n) is 8.63. The van der Waals surface area contributed by atoms with Gasteiger partial charge in [-0.15, -0.1) is 0 Å². The Morgan fingerprint density at radius 3 is 2.77 bits per heavy atom. The molecule has 0 saturated carbocycles. The Bertz CT molecular complexity index is 192. The van der Waals surface area contributed by atoms with Crippen LogP contribution in [0.4, 0.5) is 0 Å². The maximum absolute atomic E-state index is 10.7. The topological polar surface area (TPSA) is 35.5 Å². The molecular weight excluding hydrogens is 168 g/mol. The van der Waals surface area contributed by atoms with Crippen molar-refractivity contribution in [2.45, 2.75) is 51.9 Å². The molecule has 1 atom stereocenters. The molecule has 3 heteroatoms. The molecule has 0 unspecified atom stereocenters. The van der Waals surface area contributed by atoms with Gasteiger partial charge in [0.25, 0.3) is 0 Å². The molecule has 0 aromatic carbocycles. The quantitative estimate of drug-likeness (QED) is 0.678. The summed E-state index contributed by atoms with van der Waals surface area (Å²) in [4.78, 5) is 10.7. The molecule has 1 aliphatic heterocycles. The van der Waals surface area contributed by atoms with E-state index < -0.39 is 5.79 Å². The van der Waals surface area contributed by atoms with Gasteiger partial charge in [0, 0.05) is 7.85 Å². The van der Waals surface area contributed by atoms with Gasteiger partial charge >= 0.3 is 0 Å². The second-order valence-electron chi connectivity index (χ2n) is 4.04. The fourth-order valence-corrected chi connectivity index (χ4v) is 1.48. The van der Waals surface area contributed by atoms with Crippen molar-refractivity contribution in [1.29, 1.82) is 0 Å². The van der Waals surface area contributed by atoms with Crippen LogP contribution in [0.2, 0.25) is 0 Å². The fraction of sp³-hybridized carbons (Fsp3) is 0.900. The maximum atomic E-state index is 10.7. The Morgan fingerprint density at radius 1 is 1.62 bits per heavy atom. The summed E-state index contributed by atoms with van der Waals surface area (Å²) in [5.74, 6) is -0.181. The van der Waals surface area contributed by atoms with Crippen molar-refractivity contribution in [2.75, 3.05) is 6.61 Å². The minimum atomic E-state index is -0.430. The molecule has 0 aliphatic carbocycles. The summed E-state index contributed by atoms with van der Waals surface area (Å²) in [5, 5.41) is 0. The Labute approximate surface area is 80.9 Å². The molecule has 0 N–H and O–H groups in total. The summed E-state index contributed by atoms with van der Waals surface area (Å²) in [7, 11) is 0. The molecule has 0 amide bonds. The normalized spacial score (nSPS) is 26.2. The SMILES string of the molecule is CC(=O)CCC[C@H]1COC(C)(C)O1.[HH]. The molecule has 0 bridgehead atoms. The van der Waals surface area contributed by atoms with Gasteiger partial charge < -0.3 is 14.3 Å². The van der Waals surface area contributed by atoms with Crippen LogP contribution in [-0.4, -0.2) is 24.3 Å². The molecule has 1 aliphatic rings. The van der Waals surface area contributed by atoms with Crippen LogP contribution in [0.3, 0.4) is 0 Å². The van der Waals surface area contributed by atoms with Gasteiger partial charge in [0.15, 0.2) is 5.79 Å². The number of hydrogen-bond donors (Lipinski definition) is 0. The van der Waals surface area contributed by atoms with E-state index in [1.54, 1.807) is 6.92 Å². The van der Waals surface area contributed by atoms with Crippen LogP contribution in [0.15, 0.2) is 0 Å². The highest BCUT2D eigenvalue weighted by atomic mass is 16.7. The fourth-order valence-electron chi connectivity index (χ4n) is 1.48. The minimum Gasteiger partial charge on any atom is -0.348 e. The minimum absolute atomic E-state index is 0. The van der Waals surface area contributed by atoms with Crippen molar-refractivity contribution < 1.29 is 15.7 Å². The molecule has 1 saturated heterocycles. The van der Waals surface area contributed by atoms with Crippen LogP contribution in [0.1, 0.15) is 41.5 Å². The van der Waals surface area contributed by atoms with Crippen molar-refractivity contribution in [3.8, 4) is 0 Å². The lowest BCUT2D eigenvalue weighted by molar-refractivity contribution is -0.139. The van der Waals surface area contributed by atoms with Gasteiger partial charge in [-0.2, -0.15) is 0 Å². The molecule has 3 nitrogen and oxygen atoms in total. The van der Waals surface area contributed by atoms with E-state index >= 15 is 0 Å². The maximum Gasteiger partial charge on any atom is 0.163 e. The van der Waals surface area contributed by atoms with E-state index in [1.165, 1.54) is 0 Å². The highest BCUT2D eigenvalue weighted by Gasteiger charge is 2.31. The first-order valence-electron chi connectivity index (χ1n) is 4.81. The second-order valence-corrected chi connectivity index (χ2v) is 4.04. The van der Waals surface area contributed by atoms with Crippen molar-refractivity contribution in [3.05, 3.63) is 0 Å². The summed E-state index contributed by atoms with van der Waals surface area (Å²) in [6.45, 7) is 6.11. The highest BCUT2D eigenvalue weighted by Crippen LogP contribution is 2.24. The van der Waals surface area contributed by atoms with Gasteiger partial charge in [0.05, 0.1) is 12.7 Å². The van der Waals surface area contributed by atoms with E-state index in [4.69, 9.17) is 9.47 Å². The van der Waals surface area contributed by atoms with Crippen LogP contribution in [0.5, 0.6) is 0 Å². The standard InChI is InChI=1S/C10H18O3.H2/c1-8(11)5-4-6-9-7-12-10(2,3)13-9;/h9H,4-7H2,1-3H3;1H/t9-;/m0./s1. The molecule has 0 radical (unpaired) electrons. The largest absolute Gasteiger partial charge is 0.348 e. The monoisotopic (exact) mass is 188 g/mol. The Hall–Kier alpha value is -0.410. The lowest BCUT2D eigenvalue weighted by Gasteiger charge is -2.16. The lowest BCUT2D eigenvalue weighted by atomic mass is 10.1. The number of carbonyl (C=O) groups excluding carboxylic acids is 1. The Balaban J connectivity index is 0.00000169. The van der Waals surface area contributed by atoms with E-state index in [0.717, 1.165) is 12.8 Å². The first kappa shape index (κ1) is 10.7. The number of Topliss-reactive ketones (excluding diaryl/α,β-unsaturated/α-hetero) is 1. The van der Waals surface area contributed by atoms with Gasteiger partial charge in [-0.05, 0) is 33.6 Å². The lowest BCUT2D eigenvalue weighted by Crippen LogP contribution is -2.21. The molecule has 78 valence electrons. The third-order valence-electron chi connectivity index (χ3n) is 2.12. The molecule has 0 spiro atoms. The van der Waals surface area contributed by atoms with Gasteiger partial charge in [-0.3, -0.25) is 0 Å². The number of ether oxygens (including phenoxy) is 2. The predicted molar refractivity (Wildman–Crippen MR) is 51.6 cm³/mol. The smallest absolute Gasteiger partial charge is 0.163 e. The van der Waals surface area contributed by atoms with Gasteiger partial charge in [0.1, 0.15) is 5.78 Å². The third kappa shape index (κ3) is 3.87. The number of hydrogen-bond acceptors (Lipinski definition) is 3. The predicted octanol–water partition coefficient (Wildman–Crippen LogP) is 2.14. The van der Waals surface area contributed by atoms with E-state index in [-0.39, 0.29) is 13.3 Å². The van der Waals surface area contributed by atoms with Crippen molar-refractivity contribution in [2.24, 2.45) is 0 Å². The van der Waals surface area contributed by atoms with E-state index in [2.05, 4.69) is 0 Å². The summed E-state index contributed by atoms with van der Waals surface area (Å²) in [6.07, 6.45) is 2.65. The summed E-state index contributed by atoms with van der Waals surface area (Å²) in [5.41, 5.74) is 0. The molecular formula is C10H20O3. The van der Waals surface area contributed by atoms with Crippen LogP contribution in [0, 0.1) is 0 Å². The molecule has 0 aromatic heterocycles. The Morgan fingerprint density at radius 2 is 2.31 bits per heavy atom. The average Bonchev–Trinajstić information content (AvgIpc) is 2.29. The first-order chi connectivity index (χ1) is 5.99. The van der Waals surface area contributed by atoms with Gasteiger partial charge in [-0.1, -0.05) is 0 Å². The highest BCUT2D eigenvalue weighted by molar-refractivity contribution is 5.75. The zero-order chi connectivity index (χ0) is 9.90. The van der Waals surface area contributed by atoms with Crippen molar-refractivity contribution >= 4 is 5.78 Å². The van der Waals surface area contributed by atoms with E-state index in [9.17, 15) is 4.79 Å². The number of ketones is 1. The van der Waals surface area contributed by atoms with E-state index in [1.807, 2.05) is 13.8 Å². The molecule has 0 aromatic rings. The first-order valence-corrected chi connectivity index (χ1v) is 4.81. The van der Waals surface area contributed by atoms with E-state index in [0.29, 0.717) is 13.0 Å². The summed E-state index contributed by atoms with van der Waals surface area (Å²) < 4.78 is 11.0. The molecule has 1 fully saturated rings. The molecule has 1 heterocycles. The van der Waals surface area contributed by atoms with Crippen molar-refractivity contribution in [1.82, 2.24) is 0 Å². The zero-order valence-corrected chi connectivity index (χ0v) is 8.63. The molecule has 13 heavy (non-hydrogen) atoms. The number of carbonyl (C=O) groups is 1. The van der Waals surface area contributed by atoms with Crippen LogP contribution >= 0.6 is 0 Å². The summed E-state index contributed by atoms with van der Waals surface area (Å²) in [6, 6.07) is 0. The average molecular weight is 188 g/mol. The summed E-state index contributed by atoms with van der Waals surface area (Å²) >= 11 is 0. The second kappa shape index (κ2) is 4.20. The van der Waals surface area contributed by atoms with Crippen LogP contribution < -0.4 is 0 Å². The van der Waals surface area contributed by atoms with Gasteiger partial charge in [0.2, 0.25) is 0 Å². The van der Waals surface area contributed by atoms with Crippen LogP contribution in [0.25, 0.3) is 0 Å². The Kier molecular flexibility index (Phi) is 3.45. The van der Waals surface area contributed by atoms with Crippen molar-refractivity contribution in [3.63, 3.8) is 0 Å². The number of rotatable bonds is 4.